The van der Waals surface area contributed by atoms with Crippen LogP contribution in [0.4, 0.5) is 0 Å². The number of aliphatic carboxylic acids is 1. The number of phenolic OH excluding ortho intramolecular Hbond substituents is 1. The lowest BCUT2D eigenvalue weighted by Crippen LogP contribution is -1.93. The number of hydrogen-bond donors (Lipinski definition) is 2. The number of aryl methyl sites for hydroxylation is 1. The first-order chi connectivity index (χ1) is 14.9. The maximum atomic E-state index is 10.3. The van der Waals surface area contributed by atoms with Crippen LogP contribution in [0.15, 0.2) is 18.2 Å². The van der Waals surface area contributed by atoms with Crippen LogP contribution in [0.25, 0.3) is 0 Å². The average molecular weight is 435 g/mol. The monoisotopic (exact) mass is 434 g/mol. The van der Waals surface area contributed by atoms with Gasteiger partial charge >= 0.3 is 5.97 Å². The van der Waals surface area contributed by atoms with Crippen molar-refractivity contribution in [3.8, 4) is 5.75 Å². The number of phenols is 1. The highest BCUT2D eigenvalue weighted by Crippen LogP contribution is 2.22. The number of benzene rings is 1. The zero-order chi connectivity index (χ0) is 23.3. The van der Waals surface area contributed by atoms with Crippen molar-refractivity contribution in [3.63, 3.8) is 0 Å². The van der Waals surface area contributed by atoms with Crippen molar-refractivity contribution in [2.24, 2.45) is 0 Å². The second-order valence-electron chi connectivity index (χ2n) is 9.29. The van der Waals surface area contributed by atoms with Crippen LogP contribution in [-0.2, 0) is 4.79 Å². The Morgan fingerprint density at radius 1 is 0.774 bits per heavy atom. The number of hydrogen-bond acceptors (Lipinski definition) is 2. The molecule has 1 aromatic carbocycles. The van der Waals surface area contributed by atoms with Gasteiger partial charge in [-0.2, -0.15) is 0 Å². The normalized spacial score (nSPS) is 10.7. The van der Waals surface area contributed by atoms with Gasteiger partial charge in [-0.15, -0.1) is 0 Å². The number of carboxylic acids is 1. The minimum absolute atomic E-state index is 0.345. The summed E-state index contributed by atoms with van der Waals surface area (Å²) >= 11 is 0. The number of rotatable bonds is 17. The van der Waals surface area contributed by atoms with Crippen LogP contribution in [0.1, 0.15) is 141 Å². The minimum atomic E-state index is -0.653. The average Bonchev–Trinajstić information content (AvgIpc) is 2.73. The molecule has 180 valence electrons. The lowest BCUT2D eigenvalue weighted by molar-refractivity contribution is -0.137. The van der Waals surface area contributed by atoms with Gasteiger partial charge in [0.25, 0.3) is 0 Å². The first-order valence-corrected chi connectivity index (χ1v) is 12.9. The van der Waals surface area contributed by atoms with Crippen molar-refractivity contribution in [2.75, 3.05) is 0 Å². The maximum Gasteiger partial charge on any atom is 0.303 e. The predicted molar refractivity (Wildman–Crippen MR) is 134 cm³/mol. The molecular formula is C28H50O3. The largest absolute Gasteiger partial charge is 0.508 e. The summed E-state index contributed by atoms with van der Waals surface area (Å²) in [7, 11) is 0. The van der Waals surface area contributed by atoms with Crippen LogP contribution in [0.5, 0.6) is 5.75 Å². The van der Waals surface area contributed by atoms with Gasteiger partial charge in [-0.25, -0.2) is 0 Å². The molecule has 0 amide bonds. The van der Waals surface area contributed by atoms with Crippen molar-refractivity contribution in [1.29, 1.82) is 0 Å². The zero-order valence-corrected chi connectivity index (χ0v) is 20.9. The summed E-state index contributed by atoms with van der Waals surface area (Å²) in [6.07, 6.45) is 20.2. The molecule has 0 radical (unpaired) electrons. The zero-order valence-electron chi connectivity index (χ0n) is 20.9. The maximum absolute atomic E-state index is 10.3. The van der Waals surface area contributed by atoms with Gasteiger partial charge in [0.1, 0.15) is 5.75 Å². The van der Waals surface area contributed by atoms with Crippen molar-refractivity contribution < 1.29 is 15.0 Å². The van der Waals surface area contributed by atoms with Crippen LogP contribution in [-0.4, -0.2) is 16.2 Å². The number of carboxylic acid groups (broad SMARTS) is 1. The van der Waals surface area contributed by atoms with E-state index in [9.17, 15) is 9.90 Å². The Hall–Kier alpha value is -1.51. The van der Waals surface area contributed by atoms with E-state index in [0.29, 0.717) is 18.1 Å². The summed E-state index contributed by atoms with van der Waals surface area (Å²) in [6.45, 7) is 8.40. The minimum Gasteiger partial charge on any atom is -0.508 e. The van der Waals surface area contributed by atoms with E-state index in [2.05, 4.69) is 26.8 Å². The quantitative estimate of drug-likeness (QED) is 0.240. The van der Waals surface area contributed by atoms with Gasteiger partial charge < -0.3 is 10.2 Å². The third-order valence-electron chi connectivity index (χ3n) is 5.89. The Balaban J connectivity index is 0.000000683. The van der Waals surface area contributed by atoms with E-state index in [1.807, 2.05) is 19.1 Å². The molecule has 1 rings (SSSR count). The van der Waals surface area contributed by atoms with E-state index in [1.165, 1.54) is 89.0 Å². The molecule has 0 saturated heterocycles. The number of unbranched alkanes of at least 4 members (excludes halogenated alkanes) is 14. The topological polar surface area (TPSA) is 57.5 Å². The lowest BCUT2D eigenvalue weighted by atomic mass is 10.0. The van der Waals surface area contributed by atoms with Gasteiger partial charge in [-0.3, -0.25) is 4.79 Å². The van der Waals surface area contributed by atoms with E-state index in [1.54, 1.807) is 0 Å². The molecule has 0 fully saturated rings. The molecule has 1 aromatic rings. The van der Waals surface area contributed by atoms with Crippen LogP contribution < -0.4 is 0 Å². The molecule has 0 heterocycles. The Labute approximate surface area is 192 Å². The van der Waals surface area contributed by atoms with Crippen LogP contribution in [0, 0.1) is 6.92 Å². The highest BCUT2D eigenvalue weighted by molar-refractivity contribution is 5.66. The lowest BCUT2D eigenvalue weighted by Gasteiger charge is -2.06. The van der Waals surface area contributed by atoms with Gasteiger partial charge in [-0.1, -0.05) is 123 Å². The van der Waals surface area contributed by atoms with Crippen molar-refractivity contribution in [3.05, 3.63) is 29.3 Å². The summed E-state index contributed by atoms with van der Waals surface area (Å²) in [6, 6.07) is 5.84. The highest BCUT2D eigenvalue weighted by Gasteiger charge is 2.01. The fourth-order valence-corrected chi connectivity index (χ4v) is 3.63. The van der Waals surface area contributed by atoms with Gasteiger partial charge in [0.2, 0.25) is 0 Å². The molecule has 0 bridgehead atoms. The fraction of sp³-hybridized carbons (Fsp3) is 0.750. The molecule has 3 heteroatoms. The predicted octanol–water partition coefficient (Wildman–Crippen LogP) is 9.16. The van der Waals surface area contributed by atoms with E-state index in [4.69, 9.17) is 5.11 Å². The Morgan fingerprint density at radius 2 is 1.19 bits per heavy atom. The van der Waals surface area contributed by atoms with E-state index < -0.39 is 5.97 Å². The van der Waals surface area contributed by atoms with E-state index in [0.717, 1.165) is 18.4 Å². The Kier molecular flexibility index (Phi) is 19.4. The third-order valence-corrected chi connectivity index (χ3v) is 5.89. The number of aromatic hydroxyl groups is 1. The van der Waals surface area contributed by atoms with Gasteiger partial charge in [0.05, 0.1) is 0 Å². The molecule has 0 aliphatic rings. The van der Waals surface area contributed by atoms with E-state index in [-0.39, 0.29) is 0 Å². The molecule has 0 unspecified atom stereocenters. The molecule has 0 aromatic heterocycles. The van der Waals surface area contributed by atoms with Crippen molar-refractivity contribution in [2.45, 2.75) is 136 Å². The first-order valence-electron chi connectivity index (χ1n) is 12.9. The van der Waals surface area contributed by atoms with Gasteiger partial charge in [-0.05, 0) is 36.5 Å². The third kappa shape index (κ3) is 18.9. The summed E-state index contributed by atoms with van der Waals surface area (Å²) in [5.41, 5.74) is 2.13. The van der Waals surface area contributed by atoms with Crippen LogP contribution in [0.3, 0.4) is 0 Å². The molecule has 0 saturated carbocycles. The summed E-state index contributed by atoms with van der Waals surface area (Å²) in [5, 5.41) is 17.9. The Morgan fingerprint density at radius 3 is 1.55 bits per heavy atom. The van der Waals surface area contributed by atoms with Crippen molar-refractivity contribution >= 4 is 5.97 Å². The molecule has 2 N–H and O–H groups in total. The van der Waals surface area contributed by atoms with Crippen LogP contribution >= 0.6 is 0 Å². The van der Waals surface area contributed by atoms with Crippen molar-refractivity contribution in [1.82, 2.24) is 0 Å². The molecular weight excluding hydrogens is 384 g/mol. The first kappa shape index (κ1) is 29.5. The molecule has 0 spiro atoms. The van der Waals surface area contributed by atoms with Gasteiger partial charge in [0.15, 0.2) is 0 Å². The summed E-state index contributed by atoms with van der Waals surface area (Å²) in [4.78, 5) is 10.3. The SMILES string of the molecule is CCCCCCCCCCCCCCCCCC(=O)O.Cc1ccc(C(C)C)cc1O. The molecule has 0 atom stereocenters. The fourth-order valence-electron chi connectivity index (χ4n) is 3.63. The summed E-state index contributed by atoms with van der Waals surface area (Å²) in [5.74, 6) is 0.234. The van der Waals surface area contributed by atoms with E-state index >= 15 is 0 Å². The second-order valence-corrected chi connectivity index (χ2v) is 9.29. The van der Waals surface area contributed by atoms with Crippen LogP contribution in [0.2, 0.25) is 0 Å². The standard InChI is InChI=1S/C18H36O2.C10H14O/c1-2-3-4-5-6-7-8-9-10-11-12-13-14-15-16-17-18(19)20;1-7(2)9-5-4-8(3)10(11)6-9/h2-17H2,1H3,(H,19,20);4-7,11H,1-3H3. The Bertz CT molecular complexity index is 551. The molecule has 0 aliphatic heterocycles. The van der Waals surface area contributed by atoms with Gasteiger partial charge in [0, 0.05) is 6.42 Å². The number of carbonyl (C=O) groups is 1. The smallest absolute Gasteiger partial charge is 0.303 e. The molecule has 3 nitrogen and oxygen atoms in total. The highest BCUT2D eigenvalue weighted by atomic mass is 16.4. The molecule has 0 aliphatic carbocycles. The molecule has 31 heavy (non-hydrogen) atoms. The summed E-state index contributed by atoms with van der Waals surface area (Å²) < 4.78 is 0. The second kappa shape index (κ2) is 20.4.